The van der Waals surface area contributed by atoms with Crippen molar-refractivity contribution in [3.8, 4) is 0 Å². The number of piperidine rings is 1. The largest absolute Gasteiger partial charge is 0.299 e. The van der Waals surface area contributed by atoms with Crippen molar-refractivity contribution in [3.05, 3.63) is 18.6 Å². The summed E-state index contributed by atoms with van der Waals surface area (Å²) < 4.78 is 0. The standard InChI is InChI=1S/C10H18N/c1-2-3-5-8-11-9-6-4-7-10-11/h3,5-6H,2,4,7-10H2,1H3. The summed E-state index contributed by atoms with van der Waals surface area (Å²) in [5.74, 6) is 0. The molecule has 1 aliphatic heterocycles. The van der Waals surface area contributed by atoms with E-state index in [1.807, 2.05) is 0 Å². The molecule has 0 amide bonds. The Hall–Kier alpha value is -0.300. The lowest BCUT2D eigenvalue weighted by molar-refractivity contribution is 0.289. The maximum atomic E-state index is 2.48. The van der Waals surface area contributed by atoms with Gasteiger partial charge in [-0.15, -0.1) is 0 Å². The van der Waals surface area contributed by atoms with E-state index in [0.717, 1.165) is 13.0 Å². The first kappa shape index (κ1) is 8.79. The number of allylic oxidation sites excluding steroid dienone is 1. The summed E-state index contributed by atoms with van der Waals surface area (Å²) >= 11 is 0. The van der Waals surface area contributed by atoms with Crippen LogP contribution in [0, 0.1) is 6.42 Å². The fourth-order valence-electron chi connectivity index (χ4n) is 1.38. The Balaban J connectivity index is 2.09. The van der Waals surface area contributed by atoms with Crippen molar-refractivity contribution in [1.82, 2.24) is 4.90 Å². The van der Waals surface area contributed by atoms with Crippen molar-refractivity contribution in [2.45, 2.75) is 26.2 Å². The molecule has 1 heteroatoms. The van der Waals surface area contributed by atoms with E-state index in [-0.39, 0.29) is 0 Å². The van der Waals surface area contributed by atoms with E-state index in [2.05, 4.69) is 30.4 Å². The Labute approximate surface area is 70.1 Å². The highest BCUT2D eigenvalue weighted by atomic mass is 15.1. The van der Waals surface area contributed by atoms with Gasteiger partial charge in [-0.05, 0) is 32.2 Å². The van der Waals surface area contributed by atoms with Gasteiger partial charge in [0.15, 0.2) is 0 Å². The summed E-state index contributed by atoms with van der Waals surface area (Å²) in [6.07, 6.45) is 10.7. The third kappa shape index (κ3) is 3.57. The van der Waals surface area contributed by atoms with Gasteiger partial charge < -0.3 is 0 Å². The van der Waals surface area contributed by atoms with Crippen LogP contribution in [0.4, 0.5) is 0 Å². The third-order valence-corrected chi connectivity index (χ3v) is 2.04. The number of hydrogen-bond acceptors (Lipinski definition) is 1. The Kier molecular flexibility index (Phi) is 4.29. The summed E-state index contributed by atoms with van der Waals surface area (Å²) in [6.45, 7) is 5.79. The first-order valence-corrected chi connectivity index (χ1v) is 4.62. The van der Waals surface area contributed by atoms with E-state index in [9.17, 15) is 0 Å². The van der Waals surface area contributed by atoms with E-state index >= 15 is 0 Å². The fourth-order valence-corrected chi connectivity index (χ4v) is 1.38. The molecule has 1 heterocycles. The van der Waals surface area contributed by atoms with Crippen LogP contribution >= 0.6 is 0 Å². The molecule has 0 unspecified atom stereocenters. The van der Waals surface area contributed by atoms with Crippen molar-refractivity contribution in [2.75, 3.05) is 19.6 Å². The van der Waals surface area contributed by atoms with E-state index in [1.54, 1.807) is 0 Å². The number of likely N-dealkylation sites (tertiary alicyclic amines) is 1. The monoisotopic (exact) mass is 152 g/mol. The third-order valence-electron chi connectivity index (χ3n) is 2.04. The molecule has 0 bridgehead atoms. The molecule has 0 spiro atoms. The molecule has 0 saturated carbocycles. The lowest BCUT2D eigenvalue weighted by atomic mass is 10.1. The molecule has 1 aliphatic rings. The molecule has 0 atom stereocenters. The van der Waals surface area contributed by atoms with Crippen LogP contribution in [0.5, 0.6) is 0 Å². The van der Waals surface area contributed by atoms with E-state index in [0.29, 0.717) is 0 Å². The molecule has 1 saturated heterocycles. The fraction of sp³-hybridized carbons (Fsp3) is 0.700. The van der Waals surface area contributed by atoms with Gasteiger partial charge in [-0.25, -0.2) is 0 Å². The number of nitrogens with zero attached hydrogens (tertiary/aromatic N) is 1. The van der Waals surface area contributed by atoms with Gasteiger partial charge in [-0.1, -0.05) is 19.1 Å². The van der Waals surface area contributed by atoms with Gasteiger partial charge in [0, 0.05) is 13.1 Å². The Bertz CT molecular complexity index is 112. The lowest BCUT2D eigenvalue weighted by Gasteiger charge is -2.24. The molecule has 1 rings (SSSR count). The second kappa shape index (κ2) is 5.36. The van der Waals surface area contributed by atoms with Crippen LogP contribution in [0.15, 0.2) is 12.2 Å². The molecule has 0 aliphatic carbocycles. The SMILES string of the molecule is CCC=CCN1C[CH]CCC1. The zero-order valence-corrected chi connectivity index (χ0v) is 7.42. The van der Waals surface area contributed by atoms with Gasteiger partial charge in [-0.3, -0.25) is 4.90 Å². The molecule has 0 aromatic rings. The predicted octanol–water partition coefficient (Wildman–Crippen LogP) is 2.25. The Morgan fingerprint density at radius 1 is 1.45 bits per heavy atom. The van der Waals surface area contributed by atoms with Gasteiger partial charge in [-0.2, -0.15) is 0 Å². The van der Waals surface area contributed by atoms with Crippen molar-refractivity contribution in [2.24, 2.45) is 0 Å². The minimum absolute atomic E-state index is 1.14. The summed E-state index contributed by atoms with van der Waals surface area (Å²) in [5.41, 5.74) is 0. The first-order valence-electron chi connectivity index (χ1n) is 4.62. The molecule has 1 radical (unpaired) electrons. The van der Waals surface area contributed by atoms with Gasteiger partial charge in [0.05, 0.1) is 0 Å². The molecule has 11 heavy (non-hydrogen) atoms. The number of hydrogen-bond donors (Lipinski definition) is 0. The summed E-state index contributed by atoms with van der Waals surface area (Å²) in [5, 5.41) is 0. The molecule has 63 valence electrons. The van der Waals surface area contributed by atoms with E-state index < -0.39 is 0 Å². The predicted molar refractivity (Wildman–Crippen MR) is 49.4 cm³/mol. The topological polar surface area (TPSA) is 3.24 Å². The van der Waals surface area contributed by atoms with Crippen molar-refractivity contribution < 1.29 is 0 Å². The summed E-state index contributed by atoms with van der Waals surface area (Å²) in [4.78, 5) is 2.48. The van der Waals surface area contributed by atoms with Crippen molar-refractivity contribution in [3.63, 3.8) is 0 Å². The zero-order valence-electron chi connectivity index (χ0n) is 7.42. The van der Waals surface area contributed by atoms with Crippen molar-refractivity contribution >= 4 is 0 Å². The van der Waals surface area contributed by atoms with Gasteiger partial charge >= 0.3 is 0 Å². The molecular weight excluding hydrogens is 134 g/mol. The summed E-state index contributed by atoms with van der Waals surface area (Å²) in [6, 6.07) is 0. The van der Waals surface area contributed by atoms with E-state index in [1.165, 1.54) is 25.9 Å². The Morgan fingerprint density at radius 3 is 3.00 bits per heavy atom. The van der Waals surface area contributed by atoms with Gasteiger partial charge in [0.2, 0.25) is 0 Å². The average molecular weight is 152 g/mol. The quantitative estimate of drug-likeness (QED) is 0.561. The minimum atomic E-state index is 1.14. The van der Waals surface area contributed by atoms with Crippen LogP contribution in [0.1, 0.15) is 26.2 Å². The highest BCUT2D eigenvalue weighted by Crippen LogP contribution is 2.06. The minimum Gasteiger partial charge on any atom is -0.299 e. The normalized spacial score (nSPS) is 21.2. The second-order valence-corrected chi connectivity index (χ2v) is 3.07. The van der Waals surface area contributed by atoms with E-state index in [4.69, 9.17) is 0 Å². The van der Waals surface area contributed by atoms with Crippen LogP contribution in [0.3, 0.4) is 0 Å². The molecule has 1 nitrogen and oxygen atoms in total. The highest BCUT2D eigenvalue weighted by molar-refractivity contribution is 4.87. The molecule has 0 aromatic heterocycles. The first-order chi connectivity index (χ1) is 5.43. The average Bonchev–Trinajstić information content (AvgIpc) is 2.07. The van der Waals surface area contributed by atoms with Crippen LogP contribution < -0.4 is 0 Å². The van der Waals surface area contributed by atoms with Gasteiger partial charge in [0.1, 0.15) is 0 Å². The molecular formula is C10H18N. The van der Waals surface area contributed by atoms with Crippen LogP contribution in [0.2, 0.25) is 0 Å². The van der Waals surface area contributed by atoms with Gasteiger partial charge in [0.25, 0.3) is 0 Å². The molecule has 0 N–H and O–H groups in total. The van der Waals surface area contributed by atoms with Crippen LogP contribution in [0.25, 0.3) is 0 Å². The Morgan fingerprint density at radius 2 is 2.36 bits per heavy atom. The molecule has 1 fully saturated rings. The summed E-state index contributed by atoms with van der Waals surface area (Å²) in [7, 11) is 0. The zero-order chi connectivity index (χ0) is 7.94. The lowest BCUT2D eigenvalue weighted by Crippen LogP contribution is -2.30. The highest BCUT2D eigenvalue weighted by Gasteiger charge is 2.06. The maximum absolute atomic E-state index is 2.48. The number of rotatable bonds is 3. The van der Waals surface area contributed by atoms with Crippen molar-refractivity contribution in [1.29, 1.82) is 0 Å². The maximum Gasteiger partial charge on any atom is 0.0163 e. The molecule has 0 aromatic carbocycles. The second-order valence-electron chi connectivity index (χ2n) is 3.07. The van der Waals surface area contributed by atoms with Crippen LogP contribution in [-0.2, 0) is 0 Å². The van der Waals surface area contributed by atoms with Crippen LogP contribution in [-0.4, -0.2) is 24.5 Å². The smallest absolute Gasteiger partial charge is 0.0163 e.